The lowest BCUT2D eigenvalue weighted by atomic mass is 10.3. The van der Waals surface area contributed by atoms with Crippen LogP contribution in [-0.4, -0.2) is 28.3 Å². The van der Waals surface area contributed by atoms with Gasteiger partial charge in [0.15, 0.2) is 0 Å². The fourth-order valence-electron chi connectivity index (χ4n) is 1.19. The summed E-state index contributed by atoms with van der Waals surface area (Å²) in [7, 11) is 2.04. The van der Waals surface area contributed by atoms with Gasteiger partial charge in [0.25, 0.3) is 0 Å². The molecule has 1 aromatic heterocycles. The van der Waals surface area contributed by atoms with Gasteiger partial charge < -0.3 is 4.90 Å². The van der Waals surface area contributed by atoms with E-state index < -0.39 is 0 Å². The molecule has 0 amide bonds. The monoisotopic (exact) mass is 247 g/mol. The normalized spacial score (nSPS) is 12.8. The number of anilines is 1. The Morgan fingerprint density at radius 3 is 2.87 bits per heavy atom. The molecule has 1 atom stereocenters. The summed E-state index contributed by atoms with van der Waals surface area (Å²) >= 11 is 7.38. The van der Waals surface area contributed by atoms with Crippen LogP contribution in [0.15, 0.2) is 0 Å². The van der Waals surface area contributed by atoms with Gasteiger partial charge in [0, 0.05) is 36.9 Å². The van der Waals surface area contributed by atoms with E-state index in [0.29, 0.717) is 0 Å². The van der Waals surface area contributed by atoms with Gasteiger partial charge in [-0.2, -0.15) is 4.37 Å². The van der Waals surface area contributed by atoms with Crippen molar-refractivity contribution in [2.45, 2.75) is 38.5 Å². The Hall–Kier alpha value is -0.350. The highest BCUT2D eigenvalue weighted by molar-refractivity contribution is 7.09. The van der Waals surface area contributed by atoms with Crippen molar-refractivity contribution in [1.29, 1.82) is 0 Å². The summed E-state index contributed by atoms with van der Waals surface area (Å²) in [5.74, 6) is 0.961. The summed E-state index contributed by atoms with van der Waals surface area (Å²) in [6, 6.07) is 0. The summed E-state index contributed by atoms with van der Waals surface area (Å²) in [6.07, 6.45) is 3.04. The van der Waals surface area contributed by atoms with Crippen molar-refractivity contribution in [2.75, 3.05) is 18.5 Å². The second-order valence-electron chi connectivity index (χ2n) is 3.73. The molecular weight excluding hydrogens is 230 g/mol. The van der Waals surface area contributed by atoms with Gasteiger partial charge in [0.1, 0.15) is 5.82 Å². The number of hydrogen-bond acceptors (Lipinski definition) is 4. The maximum Gasteiger partial charge on any atom is 0.204 e. The van der Waals surface area contributed by atoms with Crippen molar-refractivity contribution in [1.82, 2.24) is 9.36 Å². The third-order valence-electron chi connectivity index (χ3n) is 2.12. The Morgan fingerprint density at radius 1 is 1.53 bits per heavy atom. The van der Waals surface area contributed by atoms with Crippen LogP contribution in [0.3, 0.4) is 0 Å². The first kappa shape index (κ1) is 12.7. The maximum absolute atomic E-state index is 5.90. The predicted molar refractivity (Wildman–Crippen MR) is 67.1 cm³/mol. The van der Waals surface area contributed by atoms with Gasteiger partial charge in [-0.25, -0.2) is 4.98 Å². The van der Waals surface area contributed by atoms with E-state index in [1.165, 1.54) is 11.5 Å². The van der Waals surface area contributed by atoms with Crippen LogP contribution in [0, 0.1) is 0 Å². The lowest BCUT2D eigenvalue weighted by Crippen LogP contribution is -2.20. The Balaban J connectivity index is 2.46. The maximum atomic E-state index is 5.90. The summed E-state index contributed by atoms with van der Waals surface area (Å²) in [6.45, 7) is 5.09. The first-order valence-electron chi connectivity index (χ1n) is 5.31. The van der Waals surface area contributed by atoms with Crippen molar-refractivity contribution in [2.24, 2.45) is 0 Å². The first-order valence-corrected chi connectivity index (χ1v) is 6.52. The lowest BCUT2D eigenvalue weighted by molar-refractivity contribution is 0.767. The van der Waals surface area contributed by atoms with Gasteiger partial charge in [-0.05, 0) is 19.8 Å². The topological polar surface area (TPSA) is 29.0 Å². The van der Waals surface area contributed by atoms with Crippen molar-refractivity contribution in [3.63, 3.8) is 0 Å². The van der Waals surface area contributed by atoms with Crippen LogP contribution in [-0.2, 0) is 6.42 Å². The van der Waals surface area contributed by atoms with Crippen LogP contribution in [0.25, 0.3) is 0 Å². The zero-order chi connectivity index (χ0) is 11.3. The SMILES string of the molecule is CCCc1nsc(N(C)CCC(C)Cl)n1. The molecule has 0 saturated heterocycles. The van der Waals surface area contributed by atoms with Gasteiger partial charge in [-0.1, -0.05) is 6.92 Å². The minimum Gasteiger partial charge on any atom is -0.350 e. The lowest BCUT2D eigenvalue weighted by Gasteiger charge is -2.15. The Labute approximate surface area is 101 Å². The zero-order valence-electron chi connectivity index (χ0n) is 9.53. The van der Waals surface area contributed by atoms with Crippen LogP contribution in [0.1, 0.15) is 32.5 Å². The molecule has 0 radical (unpaired) electrons. The Morgan fingerprint density at radius 2 is 2.27 bits per heavy atom. The van der Waals surface area contributed by atoms with E-state index in [1.54, 1.807) is 0 Å². The minimum atomic E-state index is 0.218. The molecule has 0 aromatic carbocycles. The van der Waals surface area contributed by atoms with Crippen molar-refractivity contribution in [3.05, 3.63) is 5.82 Å². The molecule has 0 bridgehead atoms. The van der Waals surface area contributed by atoms with Crippen LogP contribution >= 0.6 is 23.1 Å². The van der Waals surface area contributed by atoms with E-state index in [1.807, 2.05) is 14.0 Å². The molecule has 1 heterocycles. The van der Waals surface area contributed by atoms with E-state index >= 15 is 0 Å². The fraction of sp³-hybridized carbons (Fsp3) is 0.800. The van der Waals surface area contributed by atoms with Crippen molar-refractivity contribution < 1.29 is 0 Å². The summed E-state index contributed by atoms with van der Waals surface area (Å²) in [5, 5.41) is 1.21. The van der Waals surface area contributed by atoms with Crippen LogP contribution < -0.4 is 4.90 Å². The highest BCUT2D eigenvalue weighted by Gasteiger charge is 2.08. The van der Waals surface area contributed by atoms with Gasteiger partial charge in [0.2, 0.25) is 5.13 Å². The second-order valence-corrected chi connectivity index (χ2v) is 5.21. The van der Waals surface area contributed by atoms with Crippen LogP contribution in [0.2, 0.25) is 0 Å². The Kier molecular flexibility index (Phi) is 5.32. The minimum absolute atomic E-state index is 0.218. The predicted octanol–water partition coefficient (Wildman–Crippen LogP) is 2.94. The molecule has 1 aromatic rings. The van der Waals surface area contributed by atoms with Gasteiger partial charge in [-0.3, -0.25) is 0 Å². The standard InChI is InChI=1S/C10H18ClN3S/c1-4-5-9-12-10(15-13-9)14(3)7-6-8(2)11/h8H,4-7H2,1-3H3. The average Bonchev–Trinajstić information content (AvgIpc) is 2.63. The molecular formula is C10H18ClN3S. The quantitative estimate of drug-likeness (QED) is 0.724. The summed E-state index contributed by atoms with van der Waals surface area (Å²) in [4.78, 5) is 6.59. The molecule has 5 heteroatoms. The number of nitrogens with zero attached hydrogens (tertiary/aromatic N) is 3. The van der Waals surface area contributed by atoms with Crippen molar-refractivity contribution in [3.8, 4) is 0 Å². The van der Waals surface area contributed by atoms with E-state index in [9.17, 15) is 0 Å². The van der Waals surface area contributed by atoms with E-state index in [0.717, 1.165) is 36.8 Å². The number of aryl methyl sites for hydroxylation is 1. The molecule has 86 valence electrons. The molecule has 0 spiro atoms. The average molecular weight is 248 g/mol. The molecule has 3 nitrogen and oxygen atoms in total. The van der Waals surface area contributed by atoms with E-state index in [2.05, 4.69) is 21.2 Å². The number of rotatable bonds is 6. The smallest absolute Gasteiger partial charge is 0.204 e. The van der Waals surface area contributed by atoms with Crippen LogP contribution in [0.4, 0.5) is 5.13 Å². The highest BCUT2D eigenvalue weighted by atomic mass is 35.5. The number of halogens is 1. The molecule has 0 aliphatic carbocycles. The summed E-state index contributed by atoms with van der Waals surface area (Å²) < 4.78 is 4.31. The molecule has 0 fully saturated rings. The largest absolute Gasteiger partial charge is 0.350 e. The second kappa shape index (κ2) is 6.28. The molecule has 0 saturated carbocycles. The number of aromatic nitrogens is 2. The molecule has 0 N–H and O–H groups in total. The van der Waals surface area contributed by atoms with Crippen molar-refractivity contribution >= 4 is 28.3 Å². The van der Waals surface area contributed by atoms with Gasteiger partial charge >= 0.3 is 0 Å². The molecule has 1 unspecified atom stereocenters. The first-order chi connectivity index (χ1) is 7.13. The highest BCUT2D eigenvalue weighted by Crippen LogP contribution is 2.17. The van der Waals surface area contributed by atoms with E-state index in [-0.39, 0.29) is 5.38 Å². The molecule has 15 heavy (non-hydrogen) atoms. The molecule has 1 rings (SSSR count). The third-order valence-corrected chi connectivity index (χ3v) is 3.21. The van der Waals surface area contributed by atoms with Crippen LogP contribution in [0.5, 0.6) is 0 Å². The van der Waals surface area contributed by atoms with Gasteiger partial charge in [0.05, 0.1) is 0 Å². The third kappa shape index (κ3) is 4.34. The van der Waals surface area contributed by atoms with E-state index in [4.69, 9.17) is 11.6 Å². The number of alkyl halides is 1. The summed E-state index contributed by atoms with van der Waals surface area (Å²) in [5.41, 5.74) is 0. The Bertz CT molecular complexity index is 288. The zero-order valence-corrected chi connectivity index (χ0v) is 11.1. The number of hydrogen-bond donors (Lipinski definition) is 0. The molecule has 0 aliphatic rings. The van der Waals surface area contributed by atoms with Gasteiger partial charge in [-0.15, -0.1) is 11.6 Å². The molecule has 0 aliphatic heterocycles. The fourth-order valence-corrected chi connectivity index (χ4v) is 1.99.